The first kappa shape index (κ1) is 25.7. The lowest BCUT2D eigenvalue weighted by molar-refractivity contribution is -0.452. The summed E-state index contributed by atoms with van der Waals surface area (Å²) >= 11 is 0. The fourth-order valence-corrected chi connectivity index (χ4v) is 4.63. The molecule has 204 valence electrons. The van der Waals surface area contributed by atoms with E-state index in [1.807, 2.05) is 6.08 Å². The molecule has 16 heteroatoms. The molecular formula is C26H12N8O8. The van der Waals surface area contributed by atoms with Gasteiger partial charge < -0.3 is 0 Å². The second-order valence-corrected chi connectivity index (χ2v) is 8.96. The highest BCUT2D eigenvalue weighted by Gasteiger charge is 2.47. The van der Waals surface area contributed by atoms with Gasteiger partial charge in [0.05, 0.1) is 70.9 Å². The molecule has 0 atom stereocenters. The van der Waals surface area contributed by atoms with Crippen molar-refractivity contribution in [3.8, 4) is 0 Å². The summed E-state index contributed by atoms with van der Waals surface area (Å²) in [4.78, 5) is 60.3. The minimum atomic E-state index is -1.62. The molecule has 0 amide bonds. The number of fused-ring (bicyclic) bond motifs is 4. The third kappa shape index (κ3) is 4.49. The van der Waals surface area contributed by atoms with Crippen LogP contribution in [0.2, 0.25) is 0 Å². The molecule has 1 aromatic rings. The number of aliphatic imine (C=N–C) groups is 4. The van der Waals surface area contributed by atoms with Crippen LogP contribution in [0.25, 0.3) is 5.57 Å². The van der Waals surface area contributed by atoms with Crippen LogP contribution >= 0.6 is 0 Å². The molecule has 42 heavy (non-hydrogen) atoms. The lowest BCUT2D eigenvalue weighted by Crippen LogP contribution is -2.08. The van der Waals surface area contributed by atoms with E-state index in [4.69, 9.17) is 0 Å². The van der Waals surface area contributed by atoms with Crippen molar-refractivity contribution in [2.45, 2.75) is 0 Å². The highest BCUT2D eigenvalue weighted by atomic mass is 16.7. The number of benzene rings is 1. The third-order valence-electron chi connectivity index (χ3n) is 6.30. The summed E-state index contributed by atoms with van der Waals surface area (Å²) in [5.74, 6) is 0. The van der Waals surface area contributed by atoms with E-state index >= 15 is 0 Å². The van der Waals surface area contributed by atoms with E-state index in [9.17, 15) is 40.5 Å². The predicted octanol–water partition coefficient (Wildman–Crippen LogP) is 4.74. The van der Waals surface area contributed by atoms with Crippen LogP contribution in [-0.4, -0.2) is 42.5 Å². The van der Waals surface area contributed by atoms with E-state index in [0.29, 0.717) is 40.3 Å². The van der Waals surface area contributed by atoms with Gasteiger partial charge in [0.2, 0.25) is 0 Å². The quantitative estimate of drug-likeness (QED) is 0.358. The van der Waals surface area contributed by atoms with Crippen molar-refractivity contribution < 1.29 is 19.7 Å². The van der Waals surface area contributed by atoms with E-state index in [1.165, 1.54) is 18.2 Å². The molecule has 0 N–H and O–H groups in total. The summed E-state index contributed by atoms with van der Waals surface area (Å²) in [5.41, 5.74) is -3.08. The molecule has 16 nitrogen and oxygen atoms in total. The first-order valence-electron chi connectivity index (χ1n) is 11.8. The SMILES string of the molecule is O=[N+]([O-])c1cc(C2=CC3=NC2=CC2=NC(=CC4=NC(=CC5=NC(=C3)C=C5)C=C4)C=C2)c([N+](=O)[O-])c([N+](=O)[O-])c1[N+](=O)[O-]. The van der Waals surface area contributed by atoms with Crippen LogP contribution < -0.4 is 0 Å². The van der Waals surface area contributed by atoms with Crippen LogP contribution in [0.3, 0.4) is 0 Å². The van der Waals surface area contributed by atoms with Gasteiger partial charge in [-0.05, 0) is 66.8 Å². The second kappa shape index (κ2) is 9.56. The molecule has 0 unspecified atom stereocenters. The Morgan fingerprint density at radius 2 is 0.952 bits per heavy atom. The summed E-state index contributed by atoms with van der Waals surface area (Å²) in [7, 11) is 0. The number of nitrogens with zero attached hydrogens (tertiary/aromatic N) is 8. The summed E-state index contributed by atoms with van der Waals surface area (Å²) in [5, 5.41) is 47.5. The molecule has 8 bridgehead atoms. The Kier molecular flexibility index (Phi) is 5.85. The number of allylic oxidation sites excluding steroid dienone is 12. The topological polar surface area (TPSA) is 222 Å². The molecule has 5 aliphatic heterocycles. The number of nitro benzene ring substituents is 4. The van der Waals surface area contributed by atoms with Gasteiger partial charge in [-0.3, -0.25) is 40.5 Å². The molecule has 5 aliphatic rings. The average molecular weight is 564 g/mol. The van der Waals surface area contributed by atoms with Crippen molar-refractivity contribution in [2.75, 3.05) is 0 Å². The van der Waals surface area contributed by atoms with Gasteiger partial charge in [0.1, 0.15) is 0 Å². The summed E-state index contributed by atoms with van der Waals surface area (Å²) in [6, 6.07) is 0.577. The molecule has 0 radical (unpaired) electrons. The smallest absolute Gasteiger partial charge is 0.258 e. The number of nitro groups is 4. The van der Waals surface area contributed by atoms with Gasteiger partial charge in [0, 0.05) is 11.6 Å². The Balaban J connectivity index is 1.61. The number of hydrogen-bond acceptors (Lipinski definition) is 12. The van der Waals surface area contributed by atoms with Gasteiger partial charge in [-0.1, -0.05) is 0 Å². The molecule has 0 aliphatic carbocycles. The minimum Gasteiger partial charge on any atom is -0.258 e. The van der Waals surface area contributed by atoms with Crippen LogP contribution in [0.1, 0.15) is 5.56 Å². The molecule has 0 spiro atoms. The Morgan fingerprint density at radius 3 is 1.43 bits per heavy atom. The molecule has 0 saturated heterocycles. The summed E-state index contributed by atoms with van der Waals surface area (Å²) < 4.78 is 0. The summed E-state index contributed by atoms with van der Waals surface area (Å²) in [6.45, 7) is 0. The van der Waals surface area contributed by atoms with Gasteiger partial charge in [0.15, 0.2) is 0 Å². The van der Waals surface area contributed by atoms with Gasteiger partial charge in [0.25, 0.3) is 0 Å². The lowest BCUT2D eigenvalue weighted by atomic mass is 9.97. The molecule has 5 heterocycles. The monoisotopic (exact) mass is 564 g/mol. The predicted molar refractivity (Wildman–Crippen MR) is 151 cm³/mol. The maximum absolute atomic E-state index is 12.1. The van der Waals surface area contributed by atoms with Crippen molar-refractivity contribution in [2.24, 2.45) is 20.0 Å². The van der Waals surface area contributed by atoms with E-state index < -0.39 is 48.0 Å². The lowest BCUT2D eigenvalue weighted by Gasteiger charge is -2.07. The molecule has 0 fully saturated rings. The van der Waals surface area contributed by atoms with Crippen LogP contribution in [0.4, 0.5) is 22.7 Å². The Morgan fingerprint density at radius 1 is 0.476 bits per heavy atom. The van der Waals surface area contributed by atoms with Crippen LogP contribution in [0.5, 0.6) is 0 Å². The van der Waals surface area contributed by atoms with E-state index in [2.05, 4.69) is 20.0 Å². The Hall–Kier alpha value is -6.58. The first-order chi connectivity index (χ1) is 20.1. The minimum absolute atomic E-state index is 0.0191. The van der Waals surface area contributed by atoms with E-state index in [1.54, 1.807) is 42.5 Å². The Bertz CT molecular complexity index is 1980. The van der Waals surface area contributed by atoms with Crippen molar-refractivity contribution >= 4 is 51.2 Å². The fraction of sp³-hybridized carbons (Fsp3) is 0. The molecule has 0 aromatic heterocycles. The average Bonchev–Trinajstić information content (AvgIpc) is 3.72. The standard InChI is InChI=1S/C26H12N8O8/c35-31(36)23-12-21(24(32(37)38)26(34(41)42)25(23)33(39)40)20-10-19-9-17-4-3-15(28-17)7-13-1-2-14(27-13)8-16-5-6-18(29-16)11-22(20)30-19/h1-12H. The molecule has 0 saturated carbocycles. The van der Waals surface area contributed by atoms with Crippen molar-refractivity contribution in [1.29, 1.82) is 0 Å². The highest BCUT2D eigenvalue weighted by molar-refractivity contribution is 6.19. The van der Waals surface area contributed by atoms with Gasteiger partial charge >= 0.3 is 22.7 Å². The van der Waals surface area contributed by atoms with E-state index in [0.717, 1.165) is 0 Å². The maximum Gasteiger partial charge on any atom is 0.430 e. The van der Waals surface area contributed by atoms with Gasteiger partial charge in [-0.15, -0.1) is 0 Å². The largest absolute Gasteiger partial charge is 0.430 e. The zero-order valence-corrected chi connectivity index (χ0v) is 20.8. The third-order valence-corrected chi connectivity index (χ3v) is 6.30. The van der Waals surface area contributed by atoms with Gasteiger partial charge in [-0.25, -0.2) is 20.0 Å². The maximum atomic E-state index is 12.1. The number of rotatable bonds is 5. The highest BCUT2D eigenvalue weighted by Crippen LogP contribution is 2.49. The summed E-state index contributed by atoms with van der Waals surface area (Å²) in [6.07, 6.45) is 18.1. The second-order valence-electron chi connectivity index (χ2n) is 8.96. The van der Waals surface area contributed by atoms with Crippen molar-refractivity contribution in [1.82, 2.24) is 0 Å². The zero-order chi connectivity index (χ0) is 29.7. The van der Waals surface area contributed by atoms with Crippen molar-refractivity contribution in [3.63, 3.8) is 0 Å². The molecular weight excluding hydrogens is 552 g/mol. The van der Waals surface area contributed by atoms with Crippen LogP contribution in [0.15, 0.2) is 116 Å². The van der Waals surface area contributed by atoms with Crippen molar-refractivity contribution in [3.05, 3.63) is 142 Å². The fourth-order valence-electron chi connectivity index (χ4n) is 4.63. The molecule has 6 rings (SSSR count). The molecule has 1 aromatic carbocycles. The normalized spacial score (nSPS) is 17.9. The van der Waals surface area contributed by atoms with Gasteiger partial charge in [-0.2, -0.15) is 0 Å². The van der Waals surface area contributed by atoms with Crippen LogP contribution in [-0.2, 0) is 0 Å². The Labute approximate surface area is 232 Å². The van der Waals surface area contributed by atoms with E-state index in [-0.39, 0.29) is 17.0 Å². The van der Waals surface area contributed by atoms with Crippen LogP contribution in [0, 0.1) is 40.5 Å². The number of hydrogen-bond donors (Lipinski definition) is 0. The first-order valence-corrected chi connectivity index (χ1v) is 11.8. The zero-order valence-electron chi connectivity index (χ0n) is 20.8.